The first kappa shape index (κ1) is 16.3. The van der Waals surface area contributed by atoms with E-state index in [1.807, 2.05) is 0 Å². The van der Waals surface area contributed by atoms with E-state index in [-0.39, 0.29) is 0 Å². The Kier molecular flexibility index (Phi) is 5.88. The molecule has 0 amide bonds. The van der Waals surface area contributed by atoms with Crippen molar-refractivity contribution in [2.45, 2.75) is 52.1 Å². The Morgan fingerprint density at radius 3 is 2.50 bits per heavy atom. The minimum absolute atomic E-state index is 0.669. The Balaban J connectivity index is 2.05. The largest absolute Gasteiger partial charge is 0.312 e. The third kappa shape index (κ3) is 3.75. The molecule has 5 unspecified atom stereocenters. The van der Waals surface area contributed by atoms with Crippen LogP contribution >= 0.6 is 0 Å². The monoisotopic (exact) mass is 281 g/mol. The number of piperazine rings is 1. The molecule has 0 radical (unpaired) electrons. The quantitative estimate of drug-likeness (QED) is 0.853. The fourth-order valence-electron chi connectivity index (χ4n) is 4.20. The zero-order valence-electron chi connectivity index (χ0n) is 14.2. The maximum absolute atomic E-state index is 3.84. The topological polar surface area (TPSA) is 18.5 Å². The molecule has 0 bridgehead atoms. The predicted octanol–water partition coefficient (Wildman–Crippen LogP) is 2.28. The first-order valence-corrected chi connectivity index (χ1v) is 8.65. The number of nitrogens with zero attached hydrogens (tertiary/aromatic N) is 2. The molecule has 0 aromatic rings. The Bertz CT molecular complexity index is 294. The van der Waals surface area contributed by atoms with Gasteiger partial charge in [-0.1, -0.05) is 27.2 Å². The van der Waals surface area contributed by atoms with Crippen LogP contribution in [0.25, 0.3) is 0 Å². The van der Waals surface area contributed by atoms with Crippen molar-refractivity contribution in [1.82, 2.24) is 15.1 Å². The highest BCUT2D eigenvalue weighted by atomic mass is 15.3. The molecule has 1 saturated heterocycles. The van der Waals surface area contributed by atoms with Crippen molar-refractivity contribution < 1.29 is 0 Å². The van der Waals surface area contributed by atoms with Crippen molar-refractivity contribution in [3.63, 3.8) is 0 Å². The molecule has 3 heteroatoms. The van der Waals surface area contributed by atoms with E-state index in [1.165, 1.54) is 38.9 Å². The van der Waals surface area contributed by atoms with Gasteiger partial charge in [-0.2, -0.15) is 0 Å². The van der Waals surface area contributed by atoms with Gasteiger partial charge in [-0.3, -0.25) is 4.90 Å². The summed E-state index contributed by atoms with van der Waals surface area (Å²) in [7, 11) is 4.59. The summed E-state index contributed by atoms with van der Waals surface area (Å²) in [6.45, 7) is 11.9. The maximum Gasteiger partial charge on any atom is 0.0376 e. The van der Waals surface area contributed by atoms with E-state index < -0.39 is 0 Å². The highest BCUT2D eigenvalue weighted by Gasteiger charge is 2.37. The average molecular weight is 281 g/mol. The van der Waals surface area contributed by atoms with E-state index in [1.54, 1.807) is 0 Å². The van der Waals surface area contributed by atoms with Gasteiger partial charge >= 0.3 is 0 Å². The summed E-state index contributed by atoms with van der Waals surface area (Å²) >= 11 is 0. The summed E-state index contributed by atoms with van der Waals surface area (Å²) in [6, 6.07) is 1.35. The van der Waals surface area contributed by atoms with Gasteiger partial charge in [0.05, 0.1) is 0 Å². The van der Waals surface area contributed by atoms with Crippen LogP contribution < -0.4 is 5.32 Å². The fourth-order valence-corrected chi connectivity index (χ4v) is 4.20. The van der Waals surface area contributed by atoms with E-state index >= 15 is 0 Å². The Labute approximate surface area is 126 Å². The van der Waals surface area contributed by atoms with Gasteiger partial charge in [0.1, 0.15) is 0 Å². The lowest BCUT2D eigenvalue weighted by Gasteiger charge is -2.47. The Morgan fingerprint density at radius 1 is 1.10 bits per heavy atom. The van der Waals surface area contributed by atoms with Gasteiger partial charge in [0, 0.05) is 31.7 Å². The maximum atomic E-state index is 3.84. The van der Waals surface area contributed by atoms with Crippen LogP contribution in [-0.4, -0.2) is 62.2 Å². The van der Waals surface area contributed by atoms with Crippen LogP contribution in [0.2, 0.25) is 0 Å². The second-order valence-corrected chi connectivity index (χ2v) is 7.42. The third-order valence-corrected chi connectivity index (χ3v) is 5.90. The highest BCUT2D eigenvalue weighted by molar-refractivity contribution is 4.94. The molecule has 118 valence electrons. The number of likely N-dealkylation sites (N-methyl/N-ethyl adjacent to an activating group) is 3. The first-order valence-electron chi connectivity index (χ1n) is 8.65. The average Bonchev–Trinajstić information content (AvgIpc) is 2.42. The highest BCUT2D eigenvalue weighted by Crippen LogP contribution is 2.36. The van der Waals surface area contributed by atoms with E-state index in [9.17, 15) is 0 Å². The number of rotatable bonds is 4. The summed E-state index contributed by atoms with van der Waals surface area (Å²) in [5.41, 5.74) is 0. The third-order valence-electron chi connectivity index (χ3n) is 5.90. The van der Waals surface area contributed by atoms with Crippen molar-refractivity contribution in [1.29, 1.82) is 0 Å². The lowest BCUT2D eigenvalue weighted by Crippen LogP contribution is -2.61. The van der Waals surface area contributed by atoms with E-state index in [0.717, 1.165) is 24.3 Å². The predicted molar refractivity (Wildman–Crippen MR) is 87.0 cm³/mol. The second kappa shape index (κ2) is 7.24. The molecule has 2 rings (SSSR count). The second-order valence-electron chi connectivity index (χ2n) is 7.42. The number of hydrogen-bond donors (Lipinski definition) is 1. The van der Waals surface area contributed by atoms with E-state index in [4.69, 9.17) is 0 Å². The van der Waals surface area contributed by atoms with Crippen molar-refractivity contribution in [2.75, 3.05) is 40.3 Å². The summed E-state index contributed by atoms with van der Waals surface area (Å²) in [4.78, 5) is 5.10. The molecular weight excluding hydrogens is 246 g/mol. The molecule has 0 aromatic heterocycles. The molecule has 5 atom stereocenters. The first-order chi connectivity index (χ1) is 9.52. The lowest BCUT2D eigenvalue weighted by molar-refractivity contribution is 0.0512. The summed E-state index contributed by atoms with van der Waals surface area (Å²) in [5, 5.41) is 3.84. The van der Waals surface area contributed by atoms with Crippen LogP contribution in [0.15, 0.2) is 0 Å². The fraction of sp³-hybridized carbons (Fsp3) is 1.00. The van der Waals surface area contributed by atoms with Crippen LogP contribution in [0, 0.1) is 17.8 Å². The molecule has 2 fully saturated rings. The molecule has 20 heavy (non-hydrogen) atoms. The minimum Gasteiger partial charge on any atom is -0.312 e. The molecule has 1 aliphatic heterocycles. The van der Waals surface area contributed by atoms with Crippen molar-refractivity contribution in [3.05, 3.63) is 0 Å². The normalized spacial score (nSPS) is 38.9. The summed E-state index contributed by atoms with van der Waals surface area (Å²) < 4.78 is 0. The number of nitrogens with one attached hydrogen (secondary N) is 1. The van der Waals surface area contributed by atoms with Crippen LogP contribution in [0.1, 0.15) is 40.0 Å². The summed E-state index contributed by atoms with van der Waals surface area (Å²) in [5.74, 6) is 2.67. The van der Waals surface area contributed by atoms with Crippen molar-refractivity contribution >= 4 is 0 Å². The molecule has 1 heterocycles. The van der Waals surface area contributed by atoms with Gasteiger partial charge in [-0.25, -0.2) is 0 Å². The molecule has 0 aromatic carbocycles. The lowest BCUT2D eigenvalue weighted by atomic mass is 9.71. The van der Waals surface area contributed by atoms with Gasteiger partial charge in [-0.15, -0.1) is 0 Å². The van der Waals surface area contributed by atoms with Crippen LogP contribution in [0.3, 0.4) is 0 Å². The molecule has 1 N–H and O–H groups in total. The van der Waals surface area contributed by atoms with Gasteiger partial charge in [0.2, 0.25) is 0 Å². The molecule has 3 nitrogen and oxygen atoms in total. The van der Waals surface area contributed by atoms with Gasteiger partial charge in [-0.05, 0) is 51.2 Å². The van der Waals surface area contributed by atoms with Gasteiger partial charge < -0.3 is 10.2 Å². The Hall–Kier alpha value is -0.120. The molecule has 1 aliphatic carbocycles. The molecular formula is C17H35N3. The van der Waals surface area contributed by atoms with Gasteiger partial charge in [0.15, 0.2) is 0 Å². The SMILES string of the molecule is CCNC(C1CCC(C)C(C)C1)C1CN(C)CCN1C. The minimum atomic E-state index is 0.669. The van der Waals surface area contributed by atoms with Crippen molar-refractivity contribution in [3.8, 4) is 0 Å². The van der Waals surface area contributed by atoms with Crippen molar-refractivity contribution in [2.24, 2.45) is 17.8 Å². The van der Waals surface area contributed by atoms with E-state index in [0.29, 0.717) is 12.1 Å². The molecule has 1 saturated carbocycles. The van der Waals surface area contributed by atoms with E-state index in [2.05, 4.69) is 50.0 Å². The molecule has 0 spiro atoms. The molecule has 2 aliphatic rings. The Morgan fingerprint density at radius 2 is 1.85 bits per heavy atom. The zero-order chi connectivity index (χ0) is 14.7. The number of hydrogen-bond acceptors (Lipinski definition) is 3. The van der Waals surface area contributed by atoms with Crippen LogP contribution in [0.4, 0.5) is 0 Å². The van der Waals surface area contributed by atoms with Crippen LogP contribution in [-0.2, 0) is 0 Å². The van der Waals surface area contributed by atoms with Gasteiger partial charge in [0.25, 0.3) is 0 Å². The zero-order valence-corrected chi connectivity index (χ0v) is 14.2. The van der Waals surface area contributed by atoms with Crippen LogP contribution in [0.5, 0.6) is 0 Å². The smallest absolute Gasteiger partial charge is 0.0376 e. The summed E-state index contributed by atoms with van der Waals surface area (Å²) in [6.07, 6.45) is 4.24. The standard InChI is InChI=1S/C17H35N3/c1-6-18-17(15-8-7-13(2)14(3)11-15)16-12-19(4)9-10-20(16)5/h13-18H,6-12H2,1-5H3.